The molecule has 0 bridgehead atoms. The quantitative estimate of drug-likeness (QED) is 0.486. The summed E-state index contributed by atoms with van der Waals surface area (Å²) in [5.41, 5.74) is 2.99. The average Bonchev–Trinajstić information content (AvgIpc) is 3.27. The lowest BCUT2D eigenvalue weighted by Gasteiger charge is -2.13. The molecule has 2 aromatic heterocycles. The molecule has 4 rings (SSSR count). The SMILES string of the molecule is Cc1ccccc1Cn1c(=O)n(CCC(=O)NCc2ccccc2)c(=O)c2sccc21. The van der Waals surface area contributed by atoms with Crippen LogP contribution in [0.25, 0.3) is 10.2 Å². The molecule has 0 aliphatic heterocycles. The van der Waals surface area contributed by atoms with Crippen LogP contribution < -0.4 is 16.6 Å². The summed E-state index contributed by atoms with van der Waals surface area (Å²) < 4.78 is 3.33. The Labute approximate surface area is 183 Å². The van der Waals surface area contributed by atoms with Crippen molar-refractivity contribution in [2.24, 2.45) is 0 Å². The number of rotatable bonds is 7. The van der Waals surface area contributed by atoms with E-state index in [2.05, 4.69) is 5.32 Å². The van der Waals surface area contributed by atoms with Crippen molar-refractivity contribution in [3.63, 3.8) is 0 Å². The van der Waals surface area contributed by atoms with Crippen LogP contribution in [0, 0.1) is 6.92 Å². The smallest absolute Gasteiger partial charge is 0.331 e. The summed E-state index contributed by atoms with van der Waals surface area (Å²) in [7, 11) is 0. The molecular weight excluding hydrogens is 410 g/mol. The van der Waals surface area contributed by atoms with Crippen LogP contribution in [0.3, 0.4) is 0 Å². The van der Waals surface area contributed by atoms with Crippen LogP contribution in [0.2, 0.25) is 0 Å². The van der Waals surface area contributed by atoms with E-state index in [1.54, 1.807) is 10.6 Å². The zero-order chi connectivity index (χ0) is 21.8. The molecule has 0 aliphatic rings. The fourth-order valence-corrected chi connectivity index (χ4v) is 4.38. The summed E-state index contributed by atoms with van der Waals surface area (Å²) in [5, 5.41) is 4.66. The standard InChI is InChI=1S/C24H23N3O3S/c1-17-7-5-6-10-19(17)16-27-20-12-14-31-22(20)23(29)26(24(27)30)13-11-21(28)25-15-18-8-3-2-4-9-18/h2-10,12,14H,11,13,15-16H2,1H3,(H,25,28). The molecule has 0 fully saturated rings. The van der Waals surface area contributed by atoms with Gasteiger partial charge in [0.25, 0.3) is 5.56 Å². The Morgan fingerprint density at radius 1 is 0.968 bits per heavy atom. The number of fused-ring (bicyclic) bond motifs is 1. The third kappa shape index (κ3) is 4.51. The first-order valence-electron chi connectivity index (χ1n) is 10.1. The monoisotopic (exact) mass is 433 g/mol. The average molecular weight is 434 g/mol. The van der Waals surface area contributed by atoms with Gasteiger partial charge in [0.2, 0.25) is 5.91 Å². The highest BCUT2D eigenvalue weighted by Gasteiger charge is 2.16. The minimum Gasteiger partial charge on any atom is -0.352 e. The van der Waals surface area contributed by atoms with Gasteiger partial charge in [0.1, 0.15) is 4.70 Å². The summed E-state index contributed by atoms with van der Waals surface area (Å²) in [6.45, 7) is 2.83. The Morgan fingerprint density at radius 3 is 2.48 bits per heavy atom. The maximum absolute atomic E-state index is 13.2. The molecule has 0 saturated carbocycles. The van der Waals surface area contributed by atoms with Crippen molar-refractivity contribution in [2.45, 2.75) is 33.0 Å². The Morgan fingerprint density at radius 2 is 1.71 bits per heavy atom. The summed E-state index contributed by atoms with van der Waals surface area (Å²) in [4.78, 5) is 38.4. The van der Waals surface area contributed by atoms with E-state index in [9.17, 15) is 14.4 Å². The van der Waals surface area contributed by atoms with Gasteiger partial charge < -0.3 is 5.32 Å². The van der Waals surface area contributed by atoms with Crippen molar-refractivity contribution in [2.75, 3.05) is 0 Å². The fourth-order valence-electron chi connectivity index (χ4n) is 3.54. The normalized spacial score (nSPS) is 11.0. The number of aromatic nitrogens is 2. The minimum absolute atomic E-state index is 0.0416. The summed E-state index contributed by atoms with van der Waals surface area (Å²) in [6.07, 6.45) is 0.0588. The highest BCUT2D eigenvalue weighted by molar-refractivity contribution is 7.17. The molecular formula is C24H23N3O3S. The lowest BCUT2D eigenvalue weighted by atomic mass is 10.1. The molecule has 158 valence electrons. The van der Waals surface area contributed by atoms with E-state index in [0.29, 0.717) is 23.3 Å². The van der Waals surface area contributed by atoms with E-state index < -0.39 is 5.69 Å². The van der Waals surface area contributed by atoms with Gasteiger partial charge in [0.15, 0.2) is 0 Å². The van der Waals surface area contributed by atoms with Gasteiger partial charge in [0, 0.05) is 19.5 Å². The number of carbonyl (C=O) groups excluding carboxylic acids is 1. The van der Waals surface area contributed by atoms with E-state index in [1.165, 1.54) is 15.9 Å². The number of hydrogen-bond donors (Lipinski definition) is 1. The Kier molecular flexibility index (Phi) is 6.13. The molecule has 0 spiro atoms. The van der Waals surface area contributed by atoms with Crippen LogP contribution in [0.1, 0.15) is 23.1 Å². The van der Waals surface area contributed by atoms with Crippen molar-refractivity contribution in [3.05, 3.63) is 104 Å². The number of aryl methyl sites for hydroxylation is 1. The van der Waals surface area contributed by atoms with Gasteiger partial charge in [-0.15, -0.1) is 11.3 Å². The molecule has 1 amide bonds. The second kappa shape index (κ2) is 9.14. The van der Waals surface area contributed by atoms with Gasteiger partial charge in [-0.1, -0.05) is 54.6 Å². The minimum atomic E-state index is -0.394. The maximum Gasteiger partial charge on any atom is 0.331 e. The van der Waals surface area contributed by atoms with Crippen molar-refractivity contribution < 1.29 is 4.79 Å². The summed E-state index contributed by atoms with van der Waals surface area (Å²) in [5.74, 6) is -0.202. The number of hydrogen-bond acceptors (Lipinski definition) is 4. The zero-order valence-corrected chi connectivity index (χ0v) is 18.0. The van der Waals surface area contributed by atoms with Crippen LogP contribution in [0.5, 0.6) is 0 Å². The van der Waals surface area contributed by atoms with E-state index in [0.717, 1.165) is 16.7 Å². The Bertz CT molecular complexity index is 1340. The number of carbonyl (C=O) groups is 1. The van der Waals surface area contributed by atoms with E-state index >= 15 is 0 Å². The number of thiophene rings is 1. The lowest BCUT2D eigenvalue weighted by molar-refractivity contribution is -0.121. The van der Waals surface area contributed by atoms with Crippen LogP contribution in [0.15, 0.2) is 75.6 Å². The molecule has 7 heteroatoms. The molecule has 4 aromatic rings. The predicted octanol–water partition coefficient (Wildman–Crippen LogP) is 3.29. The second-order valence-electron chi connectivity index (χ2n) is 7.40. The first-order valence-corrected chi connectivity index (χ1v) is 11.0. The van der Waals surface area contributed by atoms with Crippen molar-refractivity contribution >= 4 is 27.5 Å². The first-order chi connectivity index (χ1) is 15.0. The number of amides is 1. The fraction of sp³-hybridized carbons (Fsp3) is 0.208. The third-order valence-electron chi connectivity index (χ3n) is 5.32. The van der Waals surface area contributed by atoms with Gasteiger partial charge in [-0.2, -0.15) is 0 Å². The molecule has 1 N–H and O–H groups in total. The van der Waals surface area contributed by atoms with Gasteiger partial charge in [-0.05, 0) is 35.1 Å². The zero-order valence-electron chi connectivity index (χ0n) is 17.2. The molecule has 6 nitrogen and oxygen atoms in total. The van der Waals surface area contributed by atoms with Crippen molar-refractivity contribution in [1.29, 1.82) is 0 Å². The molecule has 2 aromatic carbocycles. The maximum atomic E-state index is 13.2. The molecule has 0 saturated heterocycles. The van der Waals surface area contributed by atoms with Crippen LogP contribution in [-0.4, -0.2) is 15.0 Å². The predicted molar refractivity (Wildman–Crippen MR) is 124 cm³/mol. The van der Waals surface area contributed by atoms with Crippen LogP contribution >= 0.6 is 11.3 Å². The van der Waals surface area contributed by atoms with Crippen LogP contribution in [-0.2, 0) is 24.4 Å². The Balaban J connectivity index is 1.58. The number of nitrogens with one attached hydrogen (secondary N) is 1. The topological polar surface area (TPSA) is 73.1 Å². The van der Waals surface area contributed by atoms with Gasteiger partial charge in [-0.3, -0.25) is 18.7 Å². The number of benzene rings is 2. The molecule has 2 heterocycles. The van der Waals surface area contributed by atoms with Crippen molar-refractivity contribution in [3.8, 4) is 0 Å². The summed E-state index contributed by atoms with van der Waals surface area (Å²) in [6, 6.07) is 19.3. The van der Waals surface area contributed by atoms with E-state index in [-0.39, 0.29) is 24.4 Å². The lowest BCUT2D eigenvalue weighted by Crippen LogP contribution is -2.41. The highest BCUT2D eigenvalue weighted by atomic mass is 32.1. The number of nitrogens with zero attached hydrogens (tertiary/aromatic N) is 2. The highest BCUT2D eigenvalue weighted by Crippen LogP contribution is 2.17. The molecule has 0 radical (unpaired) electrons. The largest absolute Gasteiger partial charge is 0.352 e. The van der Waals surface area contributed by atoms with Gasteiger partial charge in [0.05, 0.1) is 12.1 Å². The third-order valence-corrected chi connectivity index (χ3v) is 6.21. The molecule has 0 aliphatic carbocycles. The van der Waals surface area contributed by atoms with E-state index in [1.807, 2.05) is 66.9 Å². The molecule has 0 unspecified atom stereocenters. The second-order valence-corrected chi connectivity index (χ2v) is 8.32. The molecule has 0 atom stereocenters. The first kappa shape index (κ1) is 20.8. The van der Waals surface area contributed by atoms with Crippen LogP contribution in [0.4, 0.5) is 0 Å². The van der Waals surface area contributed by atoms with Gasteiger partial charge in [-0.25, -0.2) is 4.79 Å². The van der Waals surface area contributed by atoms with Crippen molar-refractivity contribution in [1.82, 2.24) is 14.5 Å². The Hall–Kier alpha value is -3.45. The summed E-state index contributed by atoms with van der Waals surface area (Å²) >= 11 is 1.31. The van der Waals surface area contributed by atoms with Gasteiger partial charge >= 0.3 is 5.69 Å². The molecule has 31 heavy (non-hydrogen) atoms. The van der Waals surface area contributed by atoms with E-state index in [4.69, 9.17) is 0 Å².